The maximum atomic E-state index is 11.5. The molecule has 0 spiro atoms. The average molecular weight is 345 g/mol. The molecule has 0 bridgehead atoms. The van der Waals surface area contributed by atoms with Crippen LogP contribution in [0.25, 0.3) is 0 Å². The summed E-state index contributed by atoms with van der Waals surface area (Å²) < 4.78 is 5.50. The van der Waals surface area contributed by atoms with Crippen LogP contribution in [0.5, 0.6) is 0 Å². The summed E-state index contributed by atoms with van der Waals surface area (Å²) in [6, 6.07) is 8.52. The number of nitrogens with one attached hydrogen (secondary N) is 1. The molecular formula is C20H31N3O2. The molecule has 1 aromatic carbocycles. The Hall–Kier alpha value is -1.59. The van der Waals surface area contributed by atoms with Crippen LogP contribution >= 0.6 is 0 Å². The van der Waals surface area contributed by atoms with E-state index in [4.69, 9.17) is 10.5 Å². The quantitative estimate of drug-likeness (QED) is 0.832. The predicted molar refractivity (Wildman–Crippen MR) is 100 cm³/mol. The molecule has 1 amide bonds. The minimum atomic E-state index is -0.163. The largest absolute Gasteiger partial charge is 0.384 e. The Bertz CT molecular complexity index is 584. The van der Waals surface area contributed by atoms with E-state index >= 15 is 0 Å². The van der Waals surface area contributed by atoms with E-state index in [1.165, 1.54) is 11.3 Å². The van der Waals surface area contributed by atoms with Gasteiger partial charge in [-0.1, -0.05) is 25.1 Å². The molecule has 0 radical (unpaired) electrons. The fourth-order valence-corrected chi connectivity index (χ4v) is 3.85. The minimum absolute atomic E-state index is 0.00461. The third-order valence-electron chi connectivity index (χ3n) is 5.72. The molecule has 25 heavy (non-hydrogen) atoms. The molecule has 2 saturated heterocycles. The van der Waals surface area contributed by atoms with Crippen molar-refractivity contribution in [3.8, 4) is 0 Å². The Labute approximate surface area is 150 Å². The van der Waals surface area contributed by atoms with E-state index in [1.54, 1.807) is 0 Å². The molecule has 0 unspecified atom stereocenters. The Balaban J connectivity index is 1.61. The van der Waals surface area contributed by atoms with E-state index in [0.717, 1.165) is 65.1 Å². The number of amides is 1. The van der Waals surface area contributed by atoms with Crippen molar-refractivity contribution in [2.24, 2.45) is 17.1 Å². The van der Waals surface area contributed by atoms with E-state index in [1.807, 2.05) is 0 Å². The molecule has 138 valence electrons. The number of carbonyl (C=O) groups is 1. The number of nitrogens with zero attached hydrogens (tertiary/aromatic N) is 1. The van der Waals surface area contributed by atoms with Crippen LogP contribution < -0.4 is 11.1 Å². The van der Waals surface area contributed by atoms with Crippen molar-refractivity contribution < 1.29 is 9.53 Å². The Morgan fingerprint density at radius 2 is 2.12 bits per heavy atom. The smallest absolute Gasteiger partial charge is 0.221 e. The first-order valence-corrected chi connectivity index (χ1v) is 9.47. The van der Waals surface area contributed by atoms with Crippen LogP contribution in [-0.4, -0.2) is 43.7 Å². The molecule has 2 aliphatic rings. The first-order chi connectivity index (χ1) is 12.1. The van der Waals surface area contributed by atoms with E-state index in [-0.39, 0.29) is 11.8 Å². The highest BCUT2D eigenvalue weighted by atomic mass is 16.5. The zero-order valence-corrected chi connectivity index (χ0v) is 15.3. The lowest BCUT2D eigenvalue weighted by atomic mass is 9.82. The van der Waals surface area contributed by atoms with Crippen LogP contribution in [0.2, 0.25) is 0 Å². The van der Waals surface area contributed by atoms with Gasteiger partial charge in [-0.15, -0.1) is 0 Å². The molecule has 3 rings (SSSR count). The number of carbonyl (C=O) groups excluding carboxylic acids is 1. The fourth-order valence-electron chi connectivity index (χ4n) is 3.85. The van der Waals surface area contributed by atoms with E-state index in [2.05, 4.69) is 41.4 Å². The molecule has 1 atom stereocenters. The van der Waals surface area contributed by atoms with Gasteiger partial charge >= 0.3 is 0 Å². The number of para-hydroxylation sites is 1. The van der Waals surface area contributed by atoms with Crippen molar-refractivity contribution in [2.75, 3.05) is 38.2 Å². The fraction of sp³-hybridized carbons (Fsp3) is 0.650. The number of hydrogen-bond acceptors (Lipinski definition) is 4. The summed E-state index contributed by atoms with van der Waals surface area (Å²) in [4.78, 5) is 13.9. The highest BCUT2D eigenvalue weighted by Crippen LogP contribution is 2.31. The number of benzene rings is 1. The lowest BCUT2D eigenvalue weighted by molar-refractivity contribution is -0.123. The topological polar surface area (TPSA) is 67.6 Å². The third-order valence-corrected chi connectivity index (χ3v) is 5.72. The number of piperidine rings is 1. The van der Waals surface area contributed by atoms with E-state index in [0.29, 0.717) is 5.41 Å². The van der Waals surface area contributed by atoms with Gasteiger partial charge in [0.25, 0.3) is 0 Å². The summed E-state index contributed by atoms with van der Waals surface area (Å²) in [6.07, 6.45) is 4.18. The molecule has 5 nitrogen and oxygen atoms in total. The maximum Gasteiger partial charge on any atom is 0.221 e. The van der Waals surface area contributed by atoms with Gasteiger partial charge in [0.2, 0.25) is 5.91 Å². The van der Waals surface area contributed by atoms with Crippen molar-refractivity contribution in [2.45, 2.75) is 39.2 Å². The molecule has 3 N–H and O–H groups in total. The summed E-state index contributed by atoms with van der Waals surface area (Å²) in [5.74, 6) is -0.168. The SMILES string of the molecule is CC1(CNc2ccccc2CN2CCC[C@@H](C(N)=O)C2)CCOCC1. The van der Waals surface area contributed by atoms with Crippen LogP contribution in [0, 0.1) is 11.3 Å². The van der Waals surface area contributed by atoms with Crippen LogP contribution in [0.15, 0.2) is 24.3 Å². The number of nitrogens with two attached hydrogens (primary N) is 1. The average Bonchev–Trinajstić information content (AvgIpc) is 2.62. The van der Waals surface area contributed by atoms with Crippen molar-refractivity contribution >= 4 is 11.6 Å². The zero-order valence-electron chi connectivity index (χ0n) is 15.3. The second-order valence-corrected chi connectivity index (χ2v) is 7.91. The Morgan fingerprint density at radius 1 is 1.36 bits per heavy atom. The molecular weight excluding hydrogens is 314 g/mol. The Kier molecular flexibility index (Phi) is 5.97. The molecule has 0 saturated carbocycles. The van der Waals surface area contributed by atoms with E-state index < -0.39 is 0 Å². The second kappa shape index (κ2) is 8.19. The van der Waals surface area contributed by atoms with E-state index in [9.17, 15) is 4.79 Å². The highest BCUT2D eigenvalue weighted by molar-refractivity contribution is 5.76. The van der Waals surface area contributed by atoms with Gasteiger partial charge in [-0.05, 0) is 49.3 Å². The summed E-state index contributed by atoms with van der Waals surface area (Å²) in [7, 11) is 0. The summed E-state index contributed by atoms with van der Waals surface area (Å²) >= 11 is 0. The van der Waals surface area contributed by atoms with Crippen molar-refractivity contribution in [3.05, 3.63) is 29.8 Å². The van der Waals surface area contributed by atoms with Gasteiger partial charge in [-0.2, -0.15) is 0 Å². The van der Waals surface area contributed by atoms with Gasteiger partial charge in [0, 0.05) is 38.5 Å². The van der Waals surface area contributed by atoms with Crippen molar-refractivity contribution in [1.82, 2.24) is 4.90 Å². The van der Waals surface area contributed by atoms with Gasteiger partial charge in [-0.25, -0.2) is 0 Å². The predicted octanol–water partition coefficient (Wildman–Crippen LogP) is 2.61. The maximum absolute atomic E-state index is 11.5. The van der Waals surface area contributed by atoms with Crippen LogP contribution in [-0.2, 0) is 16.1 Å². The molecule has 2 heterocycles. The molecule has 2 aliphatic heterocycles. The lowest BCUT2D eigenvalue weighted by Crippen LogP contribution is -2.40. The lowest BCUT2D eigenvalue weighted by Gasteiger charge is -2.35. The van der Waals surface area contributed by atoms with Crippen LogP contribution in [0.1, 0.15) is 38.2 Å². The molecule has 1 aromatic rings. The molecule has 0 aliphatic carbocycles. The van der Waals surface area contributed by atoms with Gasteiger partial charge in [-0.3, -0.25) is 9.69 Å². The number of rotatable bonds is 6. The third kappa shape index (κ3) is 4.95. The first-order valence-electron chi connectivity index (χ1n) is 9.47. The van der Waals surface area contributed by atoms with Crippen LogP contribution in [0.4, 0.5) is 5.69 Å². The molecule has 5 heteroatoms. The standard InChI is InChI=1S/C20H31N3O2/c1-20(8-11-25-12-9-20)15-22-18-7-3-2-5-16(18)13-23-10-4-6-17(14-23)19(21)24/h2-3,5,7,17,22H,4,6,8-15H2,1H3,(H2,21,24)/t17-/m1/s1. The Morgan fingerprint density at radius 3 is 2.88 bits per heavy atom. The van der Waals surface area contributed by atoms with Crippen molar-refractivity contribution in [1.29, 1.82) is 0 Å². The zero-order chi connectivity index (χ0) is 17.7. The van der Waals surface area contributed by atoms with Gasteiger partial charge in [0.1, 0.15) is 0 Å². The van der Waals surface area contributed by atoms with Crippen molar-refractivity contribution in [3.63, 3.8) is 0 Å². The molecule has 2 fully saturated rings. The van der Waals surface area contributed by atoms with Gasteiger partial charge in [0.05, 0.1) is 5.92 Å². The highest BCUT2D eigenvalue weighted by Gasteiger charge is 2.28. The van der Waals surface area contributed by atoms with Gasteiger partial charge in [0.15, 0.2) is 0 Å². The number of ether oxygens (including phenoxy) is 1. The summed E-state index contributed by atoms with van der Waals surface area (Å²) in [5.41, 5.74) is 8.31. The first kappa shape index (κ1) is 18.2. The summed E-state index contributed by atoms with van der Waals surface area (Å²) in [6.45, 7) is 7.72. The summed E-state index contributed by atoms with van der Waals surface area (Å²) in [5, 5.41) is 3.67. The number of hydrogen-bond donors (Lipinski definition) is 2. The number of primary amides is 1. The number of likely N-dealkylation sites (tertiary alicyclic amines) is 1. The van der Waals surface area contributed by atoms with Gasteiger partial charge < -0.3 is 15.8 Å². The van der Waals surface area contributed by atoms with Crippen LogP contribution in [0.3, 0.4) is 0 Å². The monoisotopic (exact) mass is 345 g/mol. The minimum Gasteiger partial charge on any atom is -0.384 e. The number of anilines is 1. The normalized spacial score (nSPS) is 24.0. The molecule has 0 aromatic heterocycles. The second-order valence-electron chi connectivity index (χ2n) is 7.91.